The van der Waals surface area contributed by atoms with Crippen LogP contribution in [0.4, 0.5) is 0 Å². The Morgan fingerprint density at radius 2 is 2.14 bits per heavy atom. The van der Waals surface area contributed by atoms with Gasteiger partial charge < -0.3 is 15.7 Å². The van der Waals surface area contributed by atoms with Crippen molar-refractivity contribution in [1.29, 1.82) is 0 Å². The first-order valence-corrected chi connectivity index (χ1v) is 8.97. The molecule has 1 aromatic carbocycles. The molecule has 1 fully saturated rings. The normalized spacial score (nSPS) is 18.0. The summed E-state index contributed by atoms with van der Waals surface area (Å²) in [4.78, 5) is 29.7. The molecule has 0 aliphatic carbocycles. The van der Waals surface area contributed by atoms with E-state index < -0.39 is 17.4 Å². The summed E-state index contributed by atoms with van der Waals surface area (Å²) >= 11 is 0. The SMILES string of the molecule is Cc1cccn[nH]c(-c2cccc(C#C[C@]3(O)CCN(C)C3=O)c2)nc1C(N)=O. The molecule has 4 N–H and O–H groups in total. The number of nitrogens with one attached hydrogen (secondary N) is 1. The van der Waals surface area contributed by atoms with Gasteiger partial charge in [-0.2, -0.15) is 5.10 Å². The first-order valence-electron chi connectivity index (χ1n) is 8.97. The van der Waals surface area contributed by atoms with Gasteiger partial charge in [-0.05, 0) is 30.7 Å². The van der Waals surface area contributed by atoms with E-state index in [-0.39, 0.29) is 12.1 Å². The van der Waals surface area contributed by atoms with Crippen LogP contribution < -0.4 is 5.73 Å². The molecule has 0 unspecified atom stereocenters. The van der Waals surface area contributed by atoms with Crippen molar-refractivity contribution in [2.24, 2.45) is 5.73 Å². The van der Waals surface area contributed by atoms with E-state index in [1.807, 2.05) is 0 Å². The van der Waals surface area contributed by atoms with E-state index in [4.69, 9.17) is 5.73 Å². The Morgan fingerprint density at radius 1 is 1.34 bits per heavy atom. The third-order valence-electron chi connectivity index (χ3n) is 4.57. The number of likely N-dealkylation sites (tertiary alicyclic amines) is 1. The molecule has 0 spiro atoms. The second-order valence-electron chi connectivity index (χ2n) is 6.77. The smallest absolute Gasteiger partial charge is 0.267 e. The van der Waals surface area contributed by atoms with Crippen molar-refractivity contribution in [3.8, 4) is 23.2 Å². The summed E-state index contributed by atoms with van der Waals surface area (Å²) in [6.07, 6.45) is 1.79. The monoisotopic (exact) mass is 391 g/mol. The summed E-state index contributed by atoms with van der Waals surface area (Å²) in [5.41, 5.74) is 5.70. The lowest BCUT2D eigenvalue weighted by molar-refractivity contribution is -0.137. The molecular weight excluding hydrogens is 370 g/mol. The number of carbonyl (C=O) groups is 2. The molecular formula is C21H21N5O3. The number of aromatic nitrogens is 3. The number of rotatable bonds is 2. The summed E-state index contributed by atoms with van der Waals surface area (Å²) in [5, 5.41) is 17.3. The highest BCUT2D eigenvalue weighted by atomic mass is 16.3. The van der Waals surface area contributed by atoms with Gasteiger partial charge in [-0.15, -0.1) is 0 Å². The number of H-pyrrole nitrogens is 1. The number of amides is 2. The van der Waals surface area contributed by atoms with Gasteiger partial charge >= 0.3 is 0 Å². The molecule has 1 aliphatic heterocycles. The van der Waals surface area contributed by atoms with Gasteiger partial charge in [0.25, 0.3) is 11.8 Å². The van der Waals surface area contributed by atoms with Crippen molar-refractivity contribution < 1.29 is 14.7 Å². The Balaban J connectivity index is 2.04. The fraction of sp³-hybridized carbons (Fsp3) is 0.238. The minimum Gasteiger partial charge on any atom is -0.369 e. The lowest BCUT2D eigenvalue weighted by Crippen LogP contribution is -2.37. The van der Waals surface area contributed by atoms with Crippen LogP contribution in [0.1, 0.15) is 28.0 Å². The highest BCUT2D eigenvalue weighted by molar-refractivity contribution is 5.92. The van der Waals surface area contributed by atoms with Crippen molar-refractivity contribution in [2.45, 2.75) is 18.9 Å². The van der Waals surface area contributed by atoms with Crippen molar-refractivity contribution in [1.82, 2.24) is 20.1 Å². The second kappa shape index (κ2) is 8.12. The van der Waals surface area contributed by atoms with Crippen LogP contribution in [0.5, 0.6) is 0 Å². The van der Waals surface area contributed by atoms with E-state index in [0.29, 0.717) is 29.1 Å². The lowest BCUT2D eigenvalue weighted by Gasteiger charge is -2.13. The van der Waals surface area contributed by atoms with E-state index in [2.05, 4.69) is 27.0 Å². The van der Waals surface area contributed by atoms with Gasteiger partial charge in [0.2, 0.25) is 5.60 Å². The number of carbonyl (C=O) groups excluding carboxylic acids is 2. The number of aromatic amines is 1. The van der Waals surface area contributed by atoms with Gasteiger partial charge in [-0.1, -0.05) is 30.0 Å². The van der Waals surface area contributed by atoms with Crippen molar-refractivity contribution >= 4 is 11.8 Å². The number of nitrogens with two attached hydrogens (primary N) is 1. The number of hydrogen-bond acceptors (Lipinski definition) is 5. The van der Waals surface area contributed by atoms with E-state index in [1.165, 1.54) is 11.1 Å². The summed E-state index contributed by atoms with van der Waals surface area (Å²) in [5.74, 6) is 4.79. The number of aryl methyl sites for hydroxylation is 1. The largest absolute Gasteiger partial charge is 0.369 e. The van der Waals surface area contributed by atoms with Gasteiger partial charge in [0.1, 0.15) is 5.69 Å². The molecule has 1 aromatic heterocycles. The van der Waals surface area contributed by atoms with Gasteiger partial charge in [0.15, 0.2) is 5.82 Å². The number of nitrogens with zero attached hydrogens (tertiary/aromatic N) is 3. The van der Waals surface area contributed by atoms with Crippen molar-refractivity contribution in [3.63, 3.8) is 0 Å². The Bertz CT molecular complexity index is 1080. The summed E-state index contributed by atoms with van der Waals surface area (Å²) < 4.78 is 0. The maximum absolute atomic E-state index is 12.1. The standard InChI is InChI=1S/C21H21N5O3/c1-14-5-4-11-23-25-19(24-17(14)18(22)27)16-7-3-6-15(13-16)8-9-21(29)10-12-26(2)20(21)28/h3-7,11,13,29H,10,12H2,1-2H3,(H2,22,27)(H,24,25)/t21-/m0/s1. The fourth-order valence-electron chi connectivity index (χ4n) is 2.90. The molecule has 8 heteroatoms. The highest BCUT2D eigenvalue weighted by Crippen LogP contribution is 2.21. The van der Waals surface area contributed by atoms with E-state index in [1.54, 1.807) is 50.4 Å². The lowest BCUT2D eigenvalue weighted by atomic mass is 10.0. The van der Waals surface area contributed by atoms with Crippen LogP contribution in [0, 0.1) is 18.8 Å². The highest BCUT2D eigenvalue weighted by Gasteiger charge is 2.42. The molecule has 1 atom stereocenters. The van der Waals surface area contributed by atoms with Gasteiger partial charge in [-0.3, -0.25) is 14.7 Å². The Kier molecular flexibility index (Phi) is 5.61. The molecule has 2 heterocycles. The van der Waals surface area contributed by atoms with Crippen LogP contribution in [0.3, 0.4) is 0 Å². The summed E-state index contributed by atoms with van der Waals surface area (Å²) in [6.45, 7) is 2.19. The number of primary amides is 1. The molecule has 29 heavy (non-hydrogen) atoms. The zero-order chi connectivity index (χ0) is 21.0. The molecule has 0 saturated carbocycles. The van der Waals surface area contributed by atoms with Gasteiger partial charge in [0, 0.05) is 37.3 Å². The first-order chi connectivity index (χ1) is 13.8. The van der Waals surface area contributed by atoms with Crippen LogP contribution in [-0.4, -0.2) is 56.2 Å². The summed E-state index contributed by atoms with van der Waals surface area (Å²) in [7, 11) is 1.63. The molecule has 1 saturated heterocycles. The topological polar surface area (TPSA) is 125 Å². The molecule has 1 aliphatic rings. The number of aliphatic hydroxyl groups is 1. The van der Waals surface area contributed by atoms with Crippen LogP contribution in [0.2, 0.25) is 0 Å². The number of likely N-dealkylation sites (N-methyl/N-ethyl adjacent to an activating group) is 1. The molecule has 2 amide bonds. The first kappa shape index (κ1) is 20.0. The minimum absolute atomic E-state index is 0.111. The average Bonchev–Trinajstić information content (AvgIpc) is 3.01. The van der Waals surface area contributed by atoms with E-state index >= 15 is 0 Å². The number of hydrogen-bond donors (Lipinski definition) is 3. The van der Waals surface area contributed by atoms with Crippen molar-refractivity contribution in [2.75, 3.05) is 13.6 Å². The Hall–Kier alpha value is -3.70. The second-order valence-corrected chi connectivity index (χ2v) is 6.77. The average molecular weight is 391 g/mol. The molecule has 148 valence electrons. The predicted octanol–water partition coefficient (Wildman–Crippen LogP) is 0.948. The Morgan fingerprint density at radius 3 is 2.83 bits per heavy atom. The van der Waals surface area contributed by atoms with Crippen LogP contribution >= 0.6 is 0 Å². The third kappa shape index (κ3) is 4.42. The van der Waals surface area contributed by atoms with E-state index in [0.717, 1.165) is 0 Å². The maximum Gasteiger partial charge on any atom is 0.267 e. The molecule has 0 radical (unpaired) electrons. The predicted molar refractivity (Wildman–Crippen MR) is 107 cm³/mol. The Labute approximate surface area is 168 Å². The fourth-order valence-corrected chi connectivity index (χ4v) is 2.90. The zero-order valence-electron chi connectivity index (χ0n) is 16.1. The molecule has 3 rings (SSSR count). The van der Waals surface area contributed by atoms with Crippen LogP contribution in [-0.2, 0) is 4.79 Å². The minimum atomic E-state index is -1.67. The van der Waals surface area contributed by atoms with E-state index in [9.17, 15) is 14.7 Å². The van der Waals surface area contributed by atoms with Crippen molar-refractivity contribution in [3.05, 3.63) is 59.4 Å². The molecule has 2 aromatic rings. The van der Waals surface area contributed by atoms with Gasteiger partial charge in [-0.25, -0.2) is 4.98 Å². The molecule has 8 nitrogen and oxygen atoms in total. The summed E-state index contributed by atoms with van der Waals surface area (Å²) in [6, 6.07) is 10.4. The van der Waals surface area contributed by atoms with Crippen LogP contribution in [0.25, 0.3) is 11.4 Å². The van der Waals surface area contributed by atoms with Gasteiger partial charge in [0.05, 0.1) is 0 Å². The molecule has 0 bridgehead atoms. The number of benzene rings is 1. The maximum atomic E-state index is 12.1. The zero-order valence-corrected chi connectivity index (χ0v) is 16.1. The van der Waals surface area contributed by atoms with Crippen LogP contribution in [0.15, 0.2) is 42.6 Å². The third-order valence-corrected chi connectivity index (χ3v) is 4.57. The quantitative estimate of drug-likeness (QED) is 0.657.